The molecular formula is C21H27N2O3+. The number of aliphatic hydroxyl groups is 1. The Morgan fingerprint density at radius 1 is 1.00 bits per heavy atom. The highest BCUT2D eigenvalue weighted by atomic mass is 16.6. The Hall–Kier alpha value is -2.21. The third-order valence-corrected chi connectivity index (χ3v) is 5.16. The molecule has 2 aromatic carbocycles. The van der Waals surface area contributed by atoms with Crippen molar-refractivity contribution in [3.63, 3.8) is 0 Å². The van der Waals surface area contributed by atoms with E-state index in [1.807, 2.05) is 60.7 Å². The minimum absolute atomic E-state index is 0.168. The monoisotopic (exact) mass is 355 g/mol. The molecule has 26 heavy (non-hydrogen) atoms. The SMILES string of the molecule is NC1CC[N+](Cc2ccccc2)(C(=O)OCc2ccccc2)CCC1O. The van der Waals surface area contributed by atoms with Crippen LogP contribution in [0.5, 0.6) is 0 Å². The molecule has 3 rings (SSSR count). The van der Waals surface area contributed by atoms with Gasteiger partial charge < -0.3 is 15.6 Å². The summed E-state index contributed by atoms with van der Waals surface area (Å²) in [7, 11) is 0. The molecule has 5 heteroatoms. The highest BCUT2D eigenvalue weighted by Gasteiger charge is 2.42. The summed E-state index contributed by atoms with van der Waals surface area (Å²) in [6, 6.07) is 19.3. The molecule has 1 amide bonds. The Balaban J connectivity index is 1.78. The van der Waals surface area contributed by atoms with Crippen LogP contribution in [0.25, 0.3) is 0 Å². The van der Waals surface area contributed by atoms with Crippen LogP contribution in [-0.2, 0) is 17.9 Å². The lowest BCUT2D eigenvalue weighted by molar-refractivity contribution is -0.870. The van der Waals surface area contributed by atoms with Gasteiger partial charge in [-0.2, -0.15) is 4.79 Å². The number of nitrogens with two attached hydrogens (primary N) is 1. The molecule has 2 aromatic rings. The maximum absolute atomic E-state index is 13.1. The zero-order chi connectivity index (χ0) is 18.4. The zero-order valence-corrected chi connectivity index (χ0v) is 15.0. The van der Waals surface area contributed by atoms with Gasteiger partial charge in [-0.3, -0.25) is 0 Å². The second-order valence-corrected chi connectivity index (χ2v) is 7.08. The Morgan fingerprint density at radius 3 is 2.23 bits per heavy atom. The third kappa shape index (κ3) is 4.49. The average Bonchev–Trinajstić information content (AvgIpc) is 2.82. The number of hydrogen-bond donors (Lipinski definition) is 2. The molecule has 5 nitrogen and oxygen atoms in total. The fraction of sp³-hybridized carbons (Fsp3) is 0.381. The molecule has 0 aromatic heterocycles. The van der Waals surface area contributed by atoms with Gasteiger partial charge in [0.2, 0.25) is 0 Å². The molecule has 1 aliphatic heterocycles. The van der Waals surface area contributed by atoms with Crippen molar-refractivity contribution in [2.24, 2.45) is 5.73 Å². The van der Waals surface area contributed by atoms with Crippen LogP contribution in [0.15, 0.2) is 60.7 Å². The van der Waals surface area contributed by atoms with E-state index in [1.54, 1.807) is 0 Å². The van der Waals surface area contributed by atoms with E-state index in [2.05, 4.69) is 0 Å². The lowest BCUT2D eigenvalue weighted by atomic mass is 10.1. The minimum Gasteiger partial charge on any atom is -0.415 e. The maximum atomic E-state index is 13.1. The van der Waals surface area contributed by atoms with Gasteiger partial charge in [0.15, 0.2) is 0 Å². The summed E-state index contributed by atoms with van der Waals surface area (Å²) in [6.45, 7) is 1.90. The first kappa shape index (κ1) is 18.6. The first-order valence-corrected chi connectivity index (χ1v) is 9.14. The number of carbonyl (C=O) groups excluding carboxylic acids is 1. The van der Waals surface area contributed by atoms with Crippen LogP contribution >= 0.6 is 0 Å². The fourth-order valence-electron chi connectivity index (χ4n) is 3.49. The summed E-state index contributed by atoms with van der Waals surface area (Å²) in [5.74, 6) is 0. The van der Waals surface area contributed by atoms with Crippen LogP contribution in [0.2, 0.25) is 0 Å². The number of amides is 1. The molecule has 0 saturated carbocycles. The van der Waals surface area contributed by atoms with Crippen LogP contribution in [0, 0.1) is 0 Å². The zero-order valence-electron chi connectivity index (χ0n) is 15.0. The van der Waals surface area contributed by atoms with Gasteiger partial charge in [0.25, 0.3) is 0 Å². The van der Waals surface area contributed by atoms with E-state index in [4.69, 9.17) is 10.5 Å². The molecule has 0 bridgehead atoms. The number of nitrogens with zero attached hydrogens (tertiary/aromatic N) is 1. The highest BCUT2D eigenvalue weighted by molar-refractivity contribution is 5.60. The summed E-state index contributed by atoms with van der Waals surface area (Å²) in [5, 5.41) is 10.2. The summed E-state index contributed by atoms with van der Waals surface area (Å²) in [5.41, 5.74) is 8.09. The predicted octanol–water partition coefficient (Wildman–Crippen LogP) is 2.82. The number of hydrogen-bond acceptors (Lipinski definition) is 4. The quantitative estimate of drug-likeness (QED) is 0.827. The smallest absolute Gasteiger partial charge is 0.415 e. The van der Waals surface area contributed by atoms with Crippen molar-refractivity contribution in [3.8, 4) is 0 Å². The van der Waals surface area contributed by atoms with Crippen LogP contribution in [0.4, 0.5) is 4.79 Å². The third-order valence-electron chi connectivity index (χ3n) is 5.16. The van der Waals surface area contributed by atoms with E-state index in [0.29, 0.717) is 32.5 Å². The standard InChI is InChI=1S/C21H27N2O3/c22-19-11-13-23(14-12-20(19)24,15-17-7-3-1-4-8-17)21(25)26-16-18-9-5-2-6-10-18/h1-10,19-20,24H,11-16,22H2/q+1. The van der Waals surface area contributed by atoms with Gasteiger partial charge in [-0.25, -0.2) is 4.48 Å². The van der Waals surface area contributed by atoms with Crippen LogP contribution < -0.4 is 5.73 Å². The number of benzene rings is 2. The van der Waals surface area contributed by atoms with Gasteiger partial charge in [-0.05, 0) is 5.56 Å². The van der Waals surface area contributed by atoms with Gasteiger partial charge in [0, 0.05) is 24.4 Å². The van der Waals surface area contributed by atoms with Crippen molar-refractivity contribution in [1.29, 1.82) is 0 Å². The van der Waals surface area contributed by atoms with E-state index in [-0.39, 0.29) is 23.2 Å². The molecule has 0 spiro atoms. The summed E-state index contributed by atoms with van der Waals surface area (Å²) in [4.78, 5) is 13.1. The van der Waals surface area contributed by atoms with Crippen molar-refractivity contribution < 1.29 is 19.1 Å². The molecule has 138 valence electrons. The highest BCUT2D eigenvalue weighted by Crippen LogP contribution is 2.24. The molecule has 1 heterocycles. The Kier molecular flexibility index (Phi) is 6.04. The number of rotatable bonds is 4. The van der Waals surface area contributed by atoms with E-state index >= 15 is 0 Å². The fourth-order valence-corrected chi connectivity index (χ4v) is 3.49. The van der Waals surface area contributed by atoms with Crippen molar-refractivity contribution >= 4 is 6.09 Å². The number of likely N-dealkylation sites (tertiary alicyclic amines) is 1. The number of carbonyl (C=O) groups is 1. The molecule has 1 saturated heterocycles. The second kappa shape index (κ2) is 8.45. The average molecular weight is 355 g/mol. The lowest BCUT2D eigenvalue weighted by Crippen LogP contribution is -2.53. The topological polar surface area (TPSA) is 72.6 Å². The van der Waals surface area contributed by atoms with Crippen LogP contribution in [0.1, 0.15) is 24.0 Å². The normalized spacial score (nSPS) is 26.1. The van der Waals surface area contributed by atoms with E-state index in [9.17, 15) is 9.90 Å². The van der Waals surface area contributed by atoms with Crippen LogP contribution in [-0.4, -0.2) is 40.9 Å². The Bertz CT molecular complexity index is 694. The van der Waals surface area contributed by atoms with E-state index < -0.39 is 6.10 Å². The van der Waals surface area contributed by atoms with Crippen molar-refractivity contribution in [2.75, 3.05) is 13.1 Å². The molecule has 1 aliphatic rings. The van der Waals surface area contributed by atoms with Gasteiger partial charge >= 0.3 is 6.09 Å². The van der Waals surface area contributed by atoms with E-state index in [1.165, 1.54) is 0 Å². The second-order valence-electron chi connectivity index (χ2n) is 7.08. The molecule has 3 unspecified atom stereocenters. The summed E-state index contributed by atoms with van der Waals surface area (Å²) in [6.07, 6.45) is 0.259. The van der Waals surface area contributed by atoms with Gasteiger partial charge in [-0.15, -0.1) is 0 Å². The summed E-state index contributed by atoms with van der Waals surface area (Å²) < 4.78 is 5.85. The molecule has 0 aliphatic carbocycles. The van der Waals surface area contributed by atoms with Gasteiger partial charge in [0.1, 0.15) is 13.2 Å². The van der Waals surface area contributed by atoms with Crippen molar-refractivity contribution in [3.05, 3.63) is 71.8 Å². The maximum Gasteiger partial charge on any atom is 0.516 e. The Morgan fingerprint density at radius 2 is 1.58 bits per heavy atom. The molecular weight excluding hydrogens is 328 g/mol. The number of aliphatic hydroxyl groups excluding tert-OH is 1. The summed E-state index contributed by atoms with van der Waals surface area (Å²) >= 11 is 0. The van der Waals surface area contributed by atoms with Gasteiger partial charge in [0.05, 0.1) is 19.2 Å². The molecule has 3 atom stereocenters. The van der Waals surface area contributed by atoms with Crippen LogP contribution in [0.3, 0.4) is 0 Å². The molecule has 3 N–H and O–H groups in total. The largest absolute Gasteiger partial charge is 0.516 e. The number of ether oxygens (including phenoxy) is 1. The lowest BCUT2D eigenvalue weighted by Gasteiger charge is -2.33. The minimum atomic E-state index is -0.576. The van der Waals surface area contributed by atoms with E-state index in [0.717, 1.165) is 11.1 Å². The van der Waals surface area contributed by atoms with Crippen molar-refractivity contribution in [2.45, 2.75) is 38.1 Å². The number of quaternary nitrogens is 1. The molecule has 0 radical (unpaired) electrons. The molecule has 1 fully saturated rings. The van der Waals surface area contributed by atoms with Crippen molar-refractivity contribution in [1.82, 2.24) is 0 Å². The predicted molar refractivity (Wildman–Crippen MR) is 100.0 cm³/mol. The first-order chi connectivity index (χ1) is 12.6. The van der Waals surface area contributed by atoms with Gasteiger partial charge in [-0.1, -0.05) is 60.7 Å². The Labute approximate surface area is 154 Å². The first-order valence-electron chi connectivity index (χ1n) is 9.14.